The van der Waals surface area contributed by atoms with Crippen molar-refractivity contribution in [1.29, 1.82) is 0 Å². The third-order valence-electron chi connectivity index (χ3n) is 3.07. The summed E-state index contributed by atoms with van der Waals surface area (Å²) >= 11 is 0. The maximum atomic E-state index is 3.62. The minimum Gasteiger partial charge on any atom is -0.314 e. The lowest BCUT2D eigenvalue weighted by Gasteiger charge is -2.36. The summed E-state index contributed by atoms with van der Waals surface area (Å²) < 4.78 is 0. The predicted molar refractivity (Wildman–Crippen MR) is 43.0 cm³/mol. The van der Waals surface area contributed by atoms with Gasteiger partial charge < -0.3 is 5.32 Å². The van der Waals surface area contributed by atoms with Gasteiger partial charge in [-0.1, -0.05) is 12.8 Å². The first-order chi connectivity index (χ1) is 4.97. The topological polar surface area (TPSA) is 12.0 Å². The van der Waals surface area contributed by atoms with Gasteiger partial charge in [0.25, 0.3) is 0 Å². The average molecular weight is 139 g/mol. The number of hydrogen-bond acceptors (Lipinski definition) is 1. The van der Waals surface area contributed by atoms with Crippen molar-refractivity contribution in [3.8, 4) is 0 Å². The third-order valence-corrected chi connectivity index (χ3v) is 3.07. The van der Waals surface area contributed by atoms with Crippen LogP contribution in [0.25, 0.3) is 0 Å². The predicted octanol–water partition coefficient (Wildman–Crippen LogP) is 1.93. The SMILES string of the molecule is C1CC[C@H]2NCCC[C@@H]2C1. The second-order valence-corrected chi connectivity index (χ2v) is 3.75. The molecule has 0 unspecified atom stereocenters. The molecule has 0 spiro atoms. The molecule has 10 heavy (non-hydrogen) atoms. The Labute approximate surface area is 63.2 Å². The summed E-state index contributed by atoms with van der Waals surface area (Å²) in [5, 5.41) is 3.62. The van der Waals surface area contributed by atoms with Crippen molar-refractivity contribution < 1.29 is 0 Å². The molecule has 0 amide bonds. The molecule has 1 N–H and O–H groups in total. The van der Waals surface area contributed by atoms with Crippen molar-refractivity contribution in [1.82, 2.24) is 5.32 Å². The molecule has 1 saturated heterocycles. The molecule has 1 nitrogen and oxygen atoms in total. The molecule has 1 aliphatic carbocycles. The highest BCUT2D eigenvalue weighted by atomic mass is 14.9. The van der Waals surface area contributed by atoms with Gasteiger partial charge in [0.1, 0.15) is 0 Å². The van der Waals surface area contributed by atoms with Crippen molar-refractivity contribution in [2.24, 2.45) is 5.92 Å². The Morgan fingerprint density at radius 3 is 2.60 bits per heavy atom. The van der Waals surface area contributed by atoms with Gasteiger partial charge in [0.05, 0.1) is 0 Å². The minimum atomic E-state index is 0.905. The first-order valence-corrected chi connectivity index (χ1v) is 4.70. The van der Waals surface area contributed by atoms with Crippen molar-refractivity contribution >= 4 is 0 Å². The van der Waals surface area contributed by atoms with Crippen LogP contribution in [-0.4, -0.2) is 12.6 Å². The fourth-order valence-corrected chi connectivity index (χ4v) is 2.47. The molecule has 1 saturated carbocycles. The van der Waals surface area contributed by atoms with Crippen molar-refractivity contribution in [2.75, 3.05) is 6.54 Å². The number of nitrogens with one attached hydrogen (secondary N) is 1. The van der Waals surface area contributed by atoms with E-state index in [4.69, 9.17) is 0 Å². The first kappa shape index (κ1) is 6.66. The van der Waals surface area contributed by atoms with E-state index in [0.717, 1.165) is 12.0 Å². The van der Waals surface area contributed by atoms with Crippen molar-refractivity contribution in [2.45, 2.75) is 44.6 Å². The molecule has 2 fully saturated rings. The Bertz CT molecular complexity index is 85.3. The lowest BCUT2D eigenvalue weighted by molar-refractivity contribution is 0.212. The normalized spacial score (nSPS) is 40.8. The van der Waals surface area contributed by atoms with Crippen LogP contribution in [0.1, 0.15) is 38.5 Å². The van der Waals surface area contributed by atoms with E-state index in [1.54, 1.807) is 0 Å². The van der Waals surface area contributed by atoms with E-state index in [9.17, 15) is 0 Å². The van der Waals surface area contributed by atoms with E-state index in [-0.39, 0.29) is 0 Å². The van der Waals surface area contributed by atoms with E-state index in [2.05, 4.69) is 5.32 Å². The highest BCUT2D eigenvalue weighted by Gasteiger charge is 2.26. The van der Waals surface area contributed by atoms with Crippen LogP contribution in [0.4, 0.5) is 0 Å². The molecular weight excluding hydrogens is 122 g/mol. The summed E-state index contributed by atoms with van der Waals surface area (Å²) in [6.07, 6.45) is 8.82. The van der Waals surface area contributed by atoms with Crippen molar-refractivity contribution in [3.05, 3.63) is 0 Å². The molecule has 0 aromatic rings. The van der Waals surface area contributed by atoms with E-state index in [1.165, 1.54) is 45.1 Å². The van der Waals surface area contributed by atoms with Gasteiger partial charge in [-0.05, 0) is 38.1 Å². The molecule has 0 radical (unpaired) electrons. The number of piperidine rings is 1. The van der Waals surface area contributed by atoms with Crippen LogP contribution in [-0.2, 0) is 0 Å². The Balaban J connectivity index is 1.93. The number of rotatable bonds is 0. The fourth-order valence-electron chi connectivity index (χ4n) is 2.47. The largest absolute Gasteiger partial charge is 0.314 e. The lowest BCUT2D eigenvalue weighted by atomic mass is 9.80. The highest BCUT2D eigenvalue weighted by Crippen LogP contribution is 2.29. The fraction of sp³-hybridized carbons (Fsp3) is 1.00. The average Bonchev–Trinajstić information content (AvgIpc) is 2.05. The zero-order chi connectivity index (χ0) is 6.81. The van der Waals surface area contributed by atoms with E-state index >= 15 is 0 Å². The van der Waals surface area contributed by atoms with Crippen molar-refractivity contribution in [3.63, 3.8) is 0 Å². The zero-order valence-electron chi connectivity index (χ0n) is 6.60. The van der Waals surface area contributed by atoms with Crippen LogP contribution in [0.5, 0.6) is 0 Å². The Morgan fingerprint density at radius 2 is 1.70 bits per heavy atom. The molecule has 1 heteroatoms. The maximum Gasteiger partial charge on any atom is 0.00953 e. The molecule has 2 atom stereocenters. The quantitative estimate of drug-likeness (QED) is 0.540. The van der Waals surface area contributed by atoms with Gasteiger partial charge in [0.2, 0.25) is 0 Å². The van der Waals surface area contributed by atoms with Crippen LogP contribution in [0.3, 0.4) is 0 Å². The molecule has 0 aromatic heterocycles. The Hall–Kier alpha value is -0.0400. The molecule has 0 bridgehead atoms. The second-order valence-electron chi connectivity index (χ2n) is 3.75. The number of fused-ring (bicyclic) bond motifs is 1. The molecule has 0 aromatic carbocycles. The van der Waals surface area contributed by atoms with E-state index in [1.807, 2.05) is 0 Å². The summed E-state index contributed by atoms with van der Waals surface area (Å²) in [4.78, 5) is 0. The van der Waals surface area contributed by atoms with Crippen LogP contribution in [0.2, 0.25) is 0 Å². The van der Waals surface area contributed by atoms with E-state index < -0.39 is 0 Å². The van der Waals surface area contributed by atoms with Gasteiger partial charge in [-0.3, -0.25) is 0 Å². The second kappa shape index (κ2) is 2.91. The van der Waals surface area contributed by atoms with Crippen LogP contribution < -0.4 is 5.32 Å². The van der Waals surface area contributed by atoms with E-state index in [0.29, 0.717) is 0 Å². The molecular formula is C9H17N. The summed E-state index contributed by atoms with van der Waals surface area (Å²) in [5.41, 5.74) is 0. The first-order valence-electron chi connectivity index (χ1n) is 4.70. The lowest BCUT2D eigenvalue weighted by Crippen LogP contribution is -2.42. The monoisotopic (exact) mass is 139 g/mol. The summed E-state index contributed by atoms with van der Waals surface area (Å²) in [7, 11) is 0. The van der Waals surface area contributed by atoms with Crippen LogP contribution in [0, 0.1) is 5.92 Å². The maximum absolute atomic E-state index is 3.62. The van der Waals surface area contributed by atoms with Gasteiger partial charge in [-0.15, -0.1) is 0 Å². The number of hydrogen-bond donors (Lipinski definition) is 1. The minimum absolute atomic E-state index is 0.905. The van der Waals surface area contributed by atoms with Gasteiger partial charge in [0, 0.05) is 6.04 Å². The van der Waals surface area contributed by atoms with Crippen LogP contribution in [0.15, 0.2) is 0 Å². The van der Waals surface area contributed by atoms with Gasteiger partial charge in [-0.25, -0.2) is 0 Å². The standard InChI is InChI=1S/C9H17N/c1-2-6-9-8(4-1)5-3-7-10-9/h8-10H,1-7H2/t8-,9+/m0/s1. The summed E-state index contributed by atoms with van der Waals surface area (Å²) in [5.74, 6) is 1.04. The molecule has 1 heterocycles. The van der Waals surface area contributed by atoms with Gasteiger partial charge in [0.15, 0.2) is 0 Å². The Kier molecular flexibility index (Phi) is 1.94. The Morgan fingerprint density at radius 1 is 0.900 bits per heavy atom. The molecule has 1 aliphatic heterocycles. The zero-order valence-corrected chi connectivity index (χ0v) is 6.60. The van der Waals surface area contributed by atoms with Gasteiger partial charge in [-0.2, -0.15) is 0 Å². The molecule has 58 valence electrons. The highest BCUT2D eigenvalue weighted by molar-refractivity contribution is 4.84. The summed E-state index contributed by atoms with van der Waals surface area (Å²) in [6, 6.07) is 0.905. The smallest absolute Gasteiger partial charge is 0.00953 e. The van der Waals surface area contributed by atoms with Gasteiger partial charge >= 0.3 is 0 Å². The molecule has 2 rings (SSSR count). The third kappa shape index (κ3) is 1.20. The summed E-state index contributed by atoms with van der Waals surface area (Å²) in [6.45, 7) is 1.28. The molecule has 2 aliphatic rings. The van der Waals surface area contributed by atoms with Crippen LogP contribution >= 0.6 is 0 Å².